The number of aromatic nitrogens is 1. The summed E-state index contributed by atoms with van der Waals surface area (Å²) < 4.78 is 35.2. The Balaban J connectivity index is 1.33. The van der Waals surface area contributed by atoms with E-state index in [1.807, 2.05) is 30.0 Å². The van der Waals surface area contributed by atoms with Crippen LogP contribution in [-0.2, 0) is 10.0 Å². The van der Waals surface area contributed by atoms with Crippen molar-refractivity contribution in [1.29, 1.82) is 0 Å². The Bertz CT molecular complexity index is 1300. The number of para-hydroxylation sites is 1. The van der Waals surface area contributed by atoms with Gasteiger partial charge >= 0.3 is 0 Å². The molecule has 7 nitrogen and oxygen atoms in total. The maximum Gasteiger partial charge on any atom is 0.253 e. The first kappa shape index (κ1) is 24.2. The van der Waals surface area contributed by atoms with E-state index in [0.717, 1.165) is 42.6 Å². The molecule has 0 unspecified atom stereocenters. The number of amides is 1. The highest BCUT2D eigenvalue weighted by atomic mass is 32.2. The third kappa shape index (κ3) is 4.69. The number of rotatable bonds is 5. The number of sulfonamides is 1. The molecular formula is C26H31N3O4S2. The first-order valence-electron chi connectivity index (χ1n) is 12.2. The van der Waals surface area contributed by atoms with Crippen LogP contribution in [0.4, 0.5) is 0 Å². The number of ether oxygens (including phenoxy) is 1. The molecular weight excluding hydrogens is 482 g/mol. The monoisotopic (exact) mass is 513 g/mol. The third-order valence-electron chi connectivity index (χ3n) is 7.18. The quantitative estimate of drug-likeness (QED) is 0.485. The molecule has 1 amide bonds. The summed E-state index contributed by atoms with van der Waals surface area (Å²) >= 11 is 1.73. The Morgan fingerprint density at radius 3 is 2.54 bits per heavy atom. The van der Waals surface area contributed by atoms with Crippen molar-refractivity contribution in [3.8, 4) is 5.75 Å². The standard InChI is InChI=1S/C26H31N3O4S2/c1-18-7-5-6-14-29(18)35(31,32)24-17-20(10-11-22(24)33-2)26(30)28-15-12-19(13-16-28)25-27-21-8-3-4-9-23(21)34-25/h3-4,8-11,17-19H,5-7,12-16H2,1-2H3/t18-/m0/s1. The van der Waals surface area contributed by atoms with Crippen LogP contribution in [0.5, 0.6) is 5.75 Å². The number of carbonyl (C=O) groups excluding carboxylic acids is 1. The van der Waals surface area contributed by atoms with Crippen LogP contribution < -0.4 is 4.74 Å². The molecule has 2 aromatic carbocycles. The van der Waals surface area contributed by atoms with Gasteiger partial charge in [-0.3, -0.25) is 4.79 Å². The zero-order chi connectivity index (χ0) is 24.6. The number of nitrogens with zero attached hydrogens (tertiary/aromatic N) is 3. The fourth-order valence-electron chi connectivity index (χ4n) is 5.14. The molecule has 2 aliphatic rings. The minimum atomic E-state index is -3.77. The van der Waals surface area contributed by atoms with Crippen molar-refractivity contribution in [2.75, 3.05) is 26.7 Å². The van der Waals surface area contributed by atoms with Gasteiger partial charge in [0.25, 0.3) is 5.91 Å². The van der Waals surface area contributed by atoms with E-state index in [0.29, 0.717) is 31.1 Å². The predicted octanol–water partition coefficient (Wildman–Crippen LogP) is 4.89. The number of benzene rings is 2. The molecule has 2 fully saturated rings. The average Bonchev–Trinajstić information content (AvgIpc) is 3.32. The SMILES string of the molecule is COc1ccc(C(=O)N2CCC(c3nc4ccccc4s3)CC2)cc1S(=O)(=O)N1CCCC[C@@H]1C. The van der Waals surface area contributed by atoms with Gasteiger partial charge in [0.15, 0.2) is 0 Å². The largest absolute Gasteiger partial charge is 0.495 e. The minimum Gasteiger partial charge on any atom is -0.495 e. The van der Waals surface area contributed by atoms with Crippen molar-refractivity contribution >= 4 is 37.5 Å². The van der Waals surface area contributed by atoms with E-state index in [1.165, 1.54) is 17.9 Å². The van der Waals surface area contributed by atoms with Crippen molar-refractivity contribution in [2.24, 2.45) is 0 Å². The molecule has 2 aliphatic heterocycles. The maximum absolute atomic E-state index is 13.5. The summed E-state index contributed by atoms with van der Waals surface area (Å²) in [6.45, 7) is 3.67. The summed E-state index contributed by atoms with van der Waals surface area (Å²) in [5.74, 6) is 0.469. The van der Waals surface area contributed by atoms with Crippen LogP contribution in [-0.4, -0.2) is 61.3 Å². The minimum absolute atomic E-state index is 0.0700. The molecule has 35 heavy (non-hydrogen) atoms. The zero-order valence-corrected chi connectivity index (χ0v) is 21.8. The molecule has 186 valence electrons. The Morgan fingerprint density at radius 2 is 1.83 bits per heavy atom. The molecule has 9 heteroatoms. The molecule has 0 bridgehead atoms. The molecule has 0 radical (unpaired) electrons. The van der Waals surface area contributed by atoms with Gasteiger partial charge in [-0.1, -0.05) is 18.6 Å². The lowest BCUT2D eigenvalue weighted by Crippen LogP contribution is -2.42. The lowest BCUT2D eigenvalue weighted by atomic mass is 9.97. The van der Waals surface area contributed by atoms with Gasteiger partial charge in [0.05, 0.1) is 22.3 Å². The van der Waals surface area contributed by atoms with Gasteiger partial charge in [-0.05, 0) is 62.9 Å². The van der Waals surface area contributed by atoms with Gasteiger partial charge in [0.1, 0.15) is 10.6 Å². The summed E-state index contributed by atoms with van der Waals surface area (Å²) in [5.41, 5.74) is 1.41. The van der Waals surface area contributed by atoms with Gasteiger partial charge in [-0.15, -0.1) is 11.3 Å². The first-order valence-corrected chi connectivity index (χ1v) is 14.5. The Labute approximate surface area is 210 Å². The molecule has 0 saturated carbocycles. The van der Waals surface area contributed by atoms with Gasteiger partial charge in [-0.25, -0.2) is 13.4 Å². The summed E-state index contributed by atoms with van der Waals surface area (Å²) in [7, 11) is -2.31. The van der Waals surface area contributed by atoms with Crippen LogP contribution in [0.25, 0.3) is 10.2 Å². The van der Waals surface area contributed by atoms with Crippen molar-refractivity contribution in [2.45, 2.75) is 55.9 Å². The van der Waals surface area contributed by atoms with E-state index < -0.39 is 10.0 Å². The number of carbonyl (C=O) groups is 1. The smallest absolute Gasteiger partial charge is 0.253 e. The molecule has 0 N–H and O–H groups in total. The van der Waals surface area contributed by atoms with E-state index >= 15 is 0 Å². The maximum atomic E-state index is 13.5. The summed E-state index contributed by atoms with van der Waals surface area (Å²) in [6.07, 6.45) is 4.39. The summed E-state index contributed by atoms with van der Waals surface area (Å²) in [5, 5.41) is 1.13. The van der Waals surface area contributed by atoms with E-state index in [4.69, 9.17) is 9.72 Å². The van der Waals surface area contributed by atoms with Crippen molar-refractivity contribution in [3.05, 3.63) is 53.0 Å². The second kappa shape index (κ2) is 9.87. The van der Waals surface area contributed by atoms with Crippen molar-refractivity contribution in [1.82, 2.24) is 14.2 Å². The number of fused-ring (bicyclic) bond motifs is 1. The Morgan fingerprint density at radius 1 is 1.06 bits per heavy atom. The van der Waals surface area contributed by atoms with E-state index in [1.54, 1.807) is 27.8 Å². The van der Waals surface area contributed by atoms with Crippen LogP contribution in [0.3, 0.4) is 0 Å². The Kier molecular flexibility index (Phi) is 6.83. The average molecular weight is 514 g/mol. The van der Waals surface area contributed by atoms with Crippen LogP contribution >= 0.6 is 11.3 Å². The van der Waals surface area contributed by atoms with Crippen LogP contribution in [0.1, 0.15) is 60.3 Å². The van der Waals surface area contributed by atoms with E-state index in [2.05, 4.69) is 6.07 Å². The number of methoxy groups -OCH3 is 1. The highest BCUT2D eigenvalue weighted by Gasteiger charge is 2.34. The van der Waals surface area contributed by atoms with E-state index in [9.17, 15) is 13.2 Å². The predicted molar refractivity (Wildman–Crippen MR) is 138 cm³/mol. The molecule has 3 heterocycles. The molecule has 2 saturated heterocycles. The van der Waals surface area contributed by atoms with Crippen LogP contribution in [0.2, 0.25) is 0 Å². The highest BCUT2D eigenvalue weighted by Crippen LogP contribution is 2.35. The van der Waals surface area contributed by atoms with Gasteiger partial charge in [0.2, 0.25) is 10.0 Å². The van der Waals surface area contributed by atoms with Crippen LogP contribution in [0, 0.1) is 0 Å². The lowest BCUT2D eigenvalue weighted by molar-refractivity contribution is 0.0712. The molecule has 3 aromatic rings. The number of hydrogen-bond donors (Lipinski definition) is 0. The summed E-state index contributed by atoms with van der Waals surface area (Å²) in [4.78, 5) is 20.1. The molecule has 5 rings (SSSR count). The number of piperidine rings is 2. The van der Waals surface area contributed by atoms with Gasteiger partial charge in [-0.2, -0.15) is 4.31 Å². The normalized spacial score (nSPS) is 20.3. The second-order valence-electron chi connectivity index (χ2n) is 9.41. The molecule has 1 aromatic heterocycles. The molecule has 0 aliphatic carbocycles. The Hall–Kier alpha value is -2.49. The van der Waals surface area contributed by atoms with E-state index in [-0.39, 0.29) is 22.6 Å². The van der Waals surface area contributed by atoms with Crippen LogP contribution in [0.15, 0.2) is 47.4 Å². The fourth-order valence-corrected chi connectivity index (χ4v) is 8.16. The second-order valence-corrected chi connectivity index (χ2v) is 12.3. The first-order chi connectivity index (χ1) is 16.9. The number of hydrogen-bond acceptors (Lipinski definition) is 6. The van der Waals surface area contributed by atoms with Gasteiger partial charge < -0.3 is 9.64 Å². The lowest BCUT2D eigenvalue weighted by Gasteiger charge is -2.33. The number of likely N-dealkylation sites (tertiary alicyclic amines) is 1. The highest BCUT2D eigenvalue weighted by molar-refractivity contribution is 7.89. The summed E-state index contributed by atoms with van der Waals surface area (Å²) in [6, 6.07) is 12.9. The molecule has 0 spiro atoms. The molecule has 1 atom stereocenters. The van der Waals surface area contributed by atoms with Crippen molar-refractivity contribution < 1.29 is 17.9 Å². The number of thiazole rings is 1. The fraction of sp³-hybridized carbons (Fsp3) is 0.462. The third-order valence-corrected chi connectivity index (χ3v) is 10.4. The van der Waals surface area contributed by atoms with Crippen molar-refractivity contribution in [3.63, 3.8) is 0 Å². The topological polar surface area (TPSA) is 79.8 Å². The van der Waals surface area contributed by atoms with Gasteiger partial charge in [0, 0.05) is 37.2 Å². The zero-order valence-electron chi connectivity index (χ0n) is 20.1.